The number of nitrogens with one attached hydrogen (secondary N) is 1. The van der Waals surface area contributed by atoms with E-state index in [2.05, 4.69) is 5.32 Å². The first kappa shape index (κ1) is 15.8. The van der Waals surface area contributed by atoms with Crippen molar-refractivity contribution in [2.24, 2.45) is 0 Å². The van der Waals surface area contributed by atoms with Crippen molar-refractivity contribution in [1.29, 1.82) is 5.26 Å². The lowest BCUT2D eigenvalue weighted by atomic mass is 10.2. The fourth-order valence-corrected chi connectivity index (χ4v) is 2.75. The van der Waals surface area contributed by atoms with Crippen LogP contribution in [0.25, 0.3) is 0 Å². The molecule has 0 bridgehead atoms. The van der Waals surface area contributed by atoms with Crippen molar-refractivity contribution < 1.29 is 14.3 Å². The molecule has 3 unspecified atom stereocenters. The number of hydrogen-bond acceptors (Lipinski definition) is 5. The fraction of sp³-hybridized carbons (Fsp3) is 0.733. The molecule has 6 heteroatoms. The molecule has 0 aromatic rings. The van der Waals surface area contributed by atoms with Gasteiger partial charge in [-0.05, 0) is 26.7 Å². The van der Waals surface area contributed by atoms with E-state index in [0.717, 1.165) is 19.4 Å². The molecule has 1 N–H and O–H groups in total. The van der Waals surface area contributed by atoms with E-state index in [-0.39, 0.29) is 29.8 Å². The normalized spacial score (nSPS) is 30.0. The molecule has 0 spiro atoms. The van der Waals surface area contributed by atoms with Gasteiger partial charge in [0.25, 0.3) is 5.91 Å². The maximum Gasteiger partial charge on any atom is 0.266 e. The predicted molar refractivity (Wildman–Crippen MR) is 77.3 cm³/mol. The number of morpholine rings is 1. The lowest BCUT2D eigenvalue weighted by molar-refractivity contribution is -0.138. The fourth-order valence-electron chi connectivity index (χ4n) is 2.75. The average Bonchev–Trinajstić information content (AvgIpc) is 2.95. The van der Waals surface area contributed by atoms with Gasteiger partial charge in [-0.25, -0.2) is 0 Å². The number of carbonyl (C=O) groups excluding carboxylic acids is 1. The molecule has 2 heterocycles. The van der Waals surface area contributed by atoms with Gasteiger partial charge >= 0.3 is 0 Å². The third-order valence-corrected chi connectivity index (χ3v) is 3.67. The molecule has 0 saturated carbocycles. The quantitative estimate of drug-likeness (QED) is 0.613. The summed E-state index contributed by atoms with van der Waals surface area (Å²) in [5.41, 5.74) is 0.134. The van der Waals surface area contributed by atoms with Crippen LogP contribution in [0.15, 0.2) is 11.8 Å². The second-order valence-corrected chi connectivity index (χ2v) is 5.68. The standard InChI is InChI=1S/C15H23N3O3/c1-11-9-18(10-12(2)21-11)15(19)13(6-16)7-17-8-14-4-3-5-20-14/h7,11-12,14,17H,3-5,8-10H2,1-2H3/b13-7-. The molecule has 2 rings (SSSR count). The third-order valence-electron chi connectivity index (χ3n) is 3.67. The molecular weight excluding hydrogens is 270 g/mol. The highest BCUT2D eigenvalue weighted by atomic mass is 16.5. The molecule has 3 atom stereocenters. The molecule has 2 saturated heterocycles. The zero-order valence-electron chi connectivity index (χ0n) is 12.7. The van der Waals surface area contributed by atoms with Gasteiger partial charge in [0.1, 0.15) is 11.6 Å². The van der Waals surface area contributed by atoms with E-state index in [1.54, 1.807) is 4.90 Å². The molecule has 116 valence electrons. The number of carbonyl (C=O) groups is 1. The van der Waals surface area contributed by atoms with Crippen molar-refractivity contribution in [2.45, 2.75) is 45.0 Å². The largest absolute Gasteiger partial charge is 0.387 e. The van der Waals surface area contributed by atoms with E-state index < -0.39 is 0 Å². The van der Waals surface area contributed by atoms with Gasteiger partial charge in [0.15, 0.2) is 0 Å². The predicted octanol–water partition coefficient (Wildman–Crippen LogP) is 0.798. The Morgan fingerprint density at radius 3 is 2.71 bits per heavy atom. The number of nitriles is 1. The Morgan fingerprint density at radius 2 is 2.14 bits per heavy atom. The molecule has 2 aliphatic heterocycles. The molecule has 6 nitrogen and oxygen atoms in total. The third kappa shape index (κ3) is 4.45. The Balaban J connectivity index is 1.89. The van der Waals surface area contributed by atoms with Crippen molar-refractivity contribution >= 4 is 5.91 Å². The Kier molecular flexibility index (Phi) is 5.59. The highest BCUT2D eigenvalue weighted by Crippen LogP contribution is 2.13. The van der Waals surface area contributed by atoms with Crippen molar-refractivity contribution in [3.63, 3.8) is 0 Å². The summed E-state index contributed by atoms with van der Waals surface area (Å²) in [4.78, 5) is 14.0. The first-order chi connectivity index (χ1) is 10.1. The zero-order chi connectivity index (χ0) is 15.2. The minimum absolute atomic E-state index is 0.00232. The van der Waals surface area contributed by atoms with Crippen LogP contribution in [-0.2, 0) is 14.3 Å². The van der Waals surface area contributed by atoms with Crippen LogP contribution in [0.5, 0.6) is 0 Å². The lowest BCUT2D eigenvalue weighted by Crippen LogP contribution is -2.48. The van der Waals surface area contributed by atoms with Crippen molar-refractivity contribution in [3.8, 4) is 6.07 Å². The number of amides is 1. The number of rotatable bonds is 4. The van der Waals surface area contributed by atoms with Crippen LogP contribution in [0.3, 0.4) is 0 Å². The van der Waals surface area contributed by atoms with Crippen LogP contribution in [0.4, 0.5) is 0 Å². The Morgan fingerprint density at radius 1 is 1.43 bits per heavy atom. The van der Waals surface area contributed by atoms with Gasteiger partial charge in [0, 0.05) is 32.4 Å². The topological polar surface area (TPSA) is 74.6 Å². The second-order valence-electron chi connectivity index (χ2n) is 5.68. The molecule has 0 aromatic heterocycles. The van der Waals surface area contributed by atoms with Crippen LogP contribution >= 0.6 is 0 Å². The number of nitrogens with zero attached hydrogens (tertiary/aromatic N) is 2. The molecule has 2 aliphatic rings. The minimum atomic E-state index is -0.237. The number of ether oxygens (including phenoxy) is 2. The van der Waals surface area contributed by atoms with Crippen molar-refractivity contribution in [2.75, 3.05) is 26.2 Å². The monoisotopic (exact) mass is 293 g/mol. The van der Waals surface area contributed by atoms with E-state index in [9.17, 15) is 10.1 Å². The van der Waals surface area contributed by atoms with Crippen LogP contribution in [0.2, 0.25) is 0 Å². The molecular formula is C15H23N3O3. The summed E-state index contributed by atoms with van der Waals surface area (Å²) in [7, 11) is 0. The summed E-state index contributed by atoms with van der Waals surface area (Å²) < 4.78 is 11.1. The van der Waals surface area contributed by atoms with Crippen molar-refractivity contribution in [3.05, 3.63) is 11.8 Å². The number of hydrogen-bond donors (Lipinski definition) is 1. The van der Waals surface area contributed by atoms with Crippen molar-refractivity contribution in [1.82, 2.24) is 10.2 Å². The molecule has 0 aromatic carbocycles. The van der Waals surface area contributed by atoms with E-state index in [0.29, 0.717) is 19.6 Å². The Labute approximate surface area is 125 Å². The van der Waals surface area contributed by atoms with Gasteiger partial charge in [-0.1, -0.05) is 0 Å². The van der Waals surface area contributed by atoms with Gasteiger partial charge in [0.2, 0.25) is 0 Å². The maximum absolute atomic E-state index is 12.4. The van der Waals surface area contributed by atoms with Gasteiger partial charge in [0.05, 0.1) is 18.3 Å². The first-order valence-corrected chi connectivity index (χ1v) is 7.50. The summed E-state index contributed by atoms with van der Waals surface area (Å²) in [5.74, 6) is -0.237. The summed E-state index contributed by atoms with van der Waals surface area (Å²) >= 11 is 0. The highest BCUT2D eigenvalue weighted by Gasteiger charge is 2.27. The van der Waals surface area contributed by atoms with E-state index in [1.807, 2.05) is 19.9 Å². The maximum atomic E-state index is 12.4. The Bertz CT molecular complexity index is 428. The van der Waals surface area contributed by atoms with E-state index in [4.69, 9.17) is 9.47 Å². The van der Waals surface area contributed by atoms with E-state index in [1.165, 1.54) is 6.20 Å². The Hall–Kier alpha value is -1.58. The highest BCUT2D eigenvalue weighted by molar-refractivity contribution is 5.97. The zero-order valence-corrected chi connectivity index (χ0v) is 12.7. The van der Waals surface area contributed by atoms with Gasteiger partial charge in [-0.3, -0.25) is 4.79 Å². The SMILES string of the molecule is CC1CN(C(=O)/C(C#N)=C\NCC2CCCO2)CC(C)O1. The molecule has 0 aliphatic carbocycles. The van der Waals surface area contributed by atoms with Gasteiger partial charge in [-0.2, -0.15) is 5.26 Å². The van der Waals surface area contributed by atoms with Gasteiger partial charge in [-0.15, -0.1) is 0 Å². The molecule has 1 amide bonds. The summed E-state index contributed by atoms with van der Waals surface area (Å²) in [6.45, 7) is 6.34. The van der Waals surface area contributed by atoms with Gasteiger partial charge < -0.3 is 19.7 Å². The summed E-state index contributed by atoms with van der Waals surface area (Å²) in [6, 6.07) is 1.98. The molecule has 2 fully saturated rings. The lowest BCUT2D eigenvalue weighted by Gasteiger charge is -2.35. The van der Waals surface area contributed by atoms with Crippen LogP contribution < -0.4 is 5.32 Å². The van der Waals surface area contributed by atoms with E-state index >= 15 is 0 Å². The molecule has 21 heavy (non-hydrogen) atoms. The van der Waals surface area contributed by atoms with Crippen LogP contribution in [-0.4, -0.2) is 55.4 Å². The van der Waals surface area contributed by atoms with Crippen LogP contribution in [0.1, 0.15) is 26.7 Å². The molecule has 0 radical (unpaired) electrons. The van der Waals surface area contributed by atoms with Crippen LogP contribution in [0, 0.1) is 11.3 Å². The smallest absolute Gasteiger partial charge is 0.266 e. The summed E-state index contributed by atoms with van der Waals surface area (Å²) in [5, 5.41) is 12.2. The first-order valence-electron chi connectivity index (χ1n) is 7.50. The minimum Gasteiger partial charge on any atom is -0.387 e. The average molecular weight is 293 g/mol. The summed E-state index contributed by atoms with van der Waals surface area (Å²) in [6.07, 6.45) is 3.78. The second kappa shape index (κ2) is 7.43.